The van der Waals surface area contributed by atoms with Crippen molar-refractivity contribution >= 4 is 17.7 Å². The molecular formula is C17H24N4O4. The third-order valence-electron chi connectivity index (χ3n) is 4.62. The SMILES string of the molecule is Cc1cc(C(=O)N2CC[C@H]3C(=O)N(CC(C)C)CC(=O)N3CC2)no1. The number of amides is 3. The molecule has 3 rings (SSSR count). The largest absolute Gasteiger partial charge is 0.361 e. The Kier molecular flexibility index (Phi) is 4.78. The number of rotatable bonds is 3. The molecule has 25 heavy (non-hydrogen) atoms. The van der Waals surface area contributed by atoms with Gasteiger partial charge in [-0.3, -0.25) is 14.4 Å². The Morgan fingerprint density at radius 3 is 2.72 bits per heavy atom. The Morgan fingerprint density at radius 1 is 1.32 bits per heavy atom. The predicted octanol–water partition coefficient (Wildman–Crippen LogP) is 0.524. The van der Waals surface area contributed by atoms with E-state index in [9.17, 15) is 14.4 Å². The van der Waals surface area contributed by atoms with Gasteiger partial charge in [0.05, 0.1) is 6.54 Å². The molecule has 0 radical (unpaired) electrons. The van der Waals surface area contributed by atoms with Crippen LogP contribution < -0.4 is 0 Å². The van der Waals surface area contributed by atoms with Gasteiger partial charge in [0.25, 0.3) is 5.91 Å². The molecule has 8 heteroatoms. The standard InChI is InChI=1S/C17H24N4O4/c1-11(2)9-20-10-15(22)21-7-6-19(5-4-14(21)17(20)24)16(23)13-8-12(3)25-18-13/h8,11,14H,4-7,9-10H2,1-3H3/t14-/m0/s1. The highest BCUT2D eigenvalue weighted by Gasteiger charge is 2.41. The van der Waals surface area contributed by atoms with Crippen LogP contribution in [0.15, 0.2) is 10.6 Å². The molecule has 0 N–H and O–H groups in total. The van der Waals surface area contributed by atoms with Crippen LogP contribution in [0.3, 0.4) is 0 Å². The van der Waals surface area contributed by atoms with Gasteiger partial charge in [0, 0.05) is 32.2 Å². The van der Waals surface area contributed by atoms with E-state index in [-0.39, 0.29) is 30.0 Å². The van der Waals surface area contributed by atoms with Crippen molar-refractivity contribution in [3.8, 4) is 0 Å². The second kappa shape index (κ2) is 6.85. The molecule has 2 fully saturated rings. The number of fused-ring (bicyclic) bond motifs is 1. The molecule has 2 aliphatic rings. The number of aryl methyl sites for hydroxylation is 1. The summed E-state index contributed by atoms with van der Waals surface area (Å²) in [4.78, 5) is 42.7. The number of hydrogen-bond acceptors (Lipinski definition) is 5. The summed E-state index contributed by atoms with van der Waals surface area (Å²) < 4.78 is 4.96. The third-order valence-corrected chi connectivity index (χ3v) is 4.62. The molecule has 2 saturated heterocycles. The van der Waals surface area contributed by atoms with Crippen molar-refractivity contribution in [2.75, 3.05) is 32.7 Å². The highest BCUT2D eigenvalue weighted by atomic mass is 16.5. The summed E-state index contributed by atoms with van der Waals surface area (Å²) in [5.41, 5.74) is 0.261. The van der Waals surface area contributed by atoms with Gasteiger partial charge in [0.15, 0.2) is 5.69 Å². The zero-order valence-corrected chi connectivity index (χ0v) is 14.9. The molecule has 8 nitrogen and oxygen atoms in total. The van der Waals surface area contributed by atoms with E-state index in [1.54, 1.807) is 27.7 Å². The Bertz CT molecular complexity index is 684. The van der Waals surface area contributed by atoms with Gasteiger partial charge in [0.1, 0.15) is 11.8 Å². The van der Waals surface area contributed by atoms with Crippen LogP contribution in [0, 0.1) is 12.8 Å². The maximum absolute atomic E-state index is 12.7. The van der Waals surface area contributed by atoms with Crippen molar-refractivity contribution in [2.24, 2.45) is 5.92 Å². The number of carbonyl (C=O) groups is 3. The van der Waals surface area contributed by atoms with Crippen LogP contribution in [0.4, 0.5) is 0 Å². The summed E-state index contributed by atoms with van der Waals surface area (Å²) in [6.45, 7) is 7.67. The number of aromatic nitrogens is 1. The highest BCUT2D eigenvalue weighted by Crippen LogP contribution is 2.21. The smallest absolute Gasteiger partial charge is 0.276 e. The first kappa shape index (κ1) is 17.4. The van der Waals surface area contributed by atoms with E-state index in [4.69, 9.17) is 4.52 Å². The van der Waals surface area contributed by atoms with Crippen LogP contribution in [-0.4, -0.2) is 76.3 Å². The molecular weight excluding hydrogens is 324 g/mol. The third kappa shape index (κ3) is 3.52. The van der Waals surface area contributed by atoms with Crippen LogP contribution >= 0.6 is 0 Å². The van der Waals surface area contributed by atoms with Crippen LogP contribution in [0.1, 0.15) is 36.5 Å². The maximum atomic E-state index is 12.7. The summed E-state index contributed by atoms with van der Waals surface area (Å²) in [5, 5.41) is 3.76. The number of carbonyl (C=O) groups excluding carboxylic acids is 3. The molecule has 3 amide bonds. The average molecular weight is 348 g/mol. The molecule has 0 spiro atoms. The number of nitrogens with zero attached hydrogens (tertiary/aromatic N) is 4. The lowest BCUT2D eigenvalue weighted by atomic mass is 10.1. The van der Waals surface area contributed by atoms with Crippen molar-refractivity contribution in [3.63, 3.8) is 0 Å². The first-order valence-electron chi connectivity index (χ1n) is 8.67. The van der Waals surface area contributed by atoms with Crippen LogP contribution in [0.2, 0.25) is 0 Å². The highest BCUT2D eigenvalue weighted by molar-refractivity contribution is 5.95. The van der Waals surface area contributed by atoms with Gasteiger partial charge < -0.3 is 19.2 Å². The van der Waals surface area contributed by atoms with E-state index >= 15 is 0 Å². The van der Waals surface area contributed by atoms with Gasteiger partial charge >= 0.3 is 0 Å². The van der Waals surface area contributed by atoms with Gasteiger partial charge in [-0.1, -0.05) is 19.0 Å². The fraction of sp³-hybridized carbons (Fsp3) is 0.647. The first-order valence-corrected chi connectivity index (χ1v) is 8.67. The molecule has 2 aliphatic heterocycles. The Labute approximate surface area is 146 Å². The van der Waals surface area contributed by atoms with E-state index in [2.05, 4.69) is 5.16 Å². The first-order chi connectivity index (χ1) is 11.9. The number of piperazine rings is 1. The summed E-state index contributed by atoms with van der Waals surface area (Å²) in [5.74, 6) is 0.597. The monoisotopic (exact) mass is 348 g/mol. The van der Waals surface area contributed by atoms with E-state index in [0.29, 0.717) is 44.3 Å². The lowest BCUT2D eigenvalue weighted by Crippen LogP contribution is -2.60. The minimum atomic E-state index is -0.475. The Hall–Kier alpha value is -2.38. The second-order valence-electron chi connectivity index (χ2n) is 7.12. The lowest BCUT2D eigenvalue weighted by Gasteiger charge is -2.39. The predicted molar refractivity (Wildman–Crippen MR) is 88.7 cm³/mol. The molecule has 1 aromatic heterocycles. The van der Waals surface area contributed by atoms with Crippen molar-refractivity contribution in [3.05, 3.63) is 17.5 Å². The fourth-order valence-electron chi connectivity index (χ4n) is 3.46. The van der Waals surface area contributed by atoms with Crippen LogP contribution in [0.5, 0.6) is 0 Å². The van der Waals surface area contributed by atoms with Gasteiger partial charge in [-0.15, -0.1) is 0 Å². The summed E-state index contributed by atoms with van der Waals surface area (Å²) >= 11 is 0. The maximum Gasteiger partial charge on any atom is 0.276 e. The summed E-state index contributed by atoms with van der Waals surface area (Å²) in [6.07, 6.45) is 0.446. The molecule has 136 valence electrons. The summed E-state index contributed by atoms with van der Waals surface area (Å²) in [6, 6.07) is 1.12. The zero-order valence-electron chi connectivity index (χ0n) is 14.9. The quantitative estimate of drug-likeness (QED) is 0.795. The summed E-state index contributed by atoms with van der Waals surface area (Å²) in [7, 11) is 0. The topological polar surface area (TPSA) is 87.0 Å². The molecule has 0 bridgehead atoms. The molecule has 1 aromatic rings. The molecule has 0 aliphatic carbocycles. The van der Waals surface area contributed by atoms with Crippen LogP contribution in [-0.2, 0) is 9.59 Å². The number of hydrogen-bond donors (Lipinski definition) is 0. The van der Waals surface area contributed by atoms with Crippen molar-refractivity contribution in [2.45, 2.75) is 33.2 Å². The van der Waals surface area contributed by atoms with Gasteiger partial charge in [-0.05, 0) is 19.3 Å². The Morgan fingerprint density at radius 2 is 2.08 bits per heavy atom. The van der Waals surface area contributed by atoms with Gasteiger partial charge in [-0.2, -0.15) is 0 Å². The zero-order chi connectivity index (χ0) is 18.1. The lowest BCUT2D eigenvalue weighted by molar-refractivity contribution is -0.156. The van der Waals surface area contributed by atoms with Gasteiger partial charge in [-0.25, -0.2) is 0 Å². The van der Waals surface area contributed by atoms with E-state index in [1.165, 1.54) is 0 Å². The minimum absolute atomic E-state index is 0.0140. The van der Waals surface area contributed by atoms with Crippen LogP contribution in [0.25, 0.3) is 0 Å². The van der Waals surface area contributed by atoms with Crippen molar-refractivity contribution < 1.29 is 18.9 Å². The molecule has 0 unspecified atom stereocenters. The molecule has 0 aromatic carbocycles. The second-order valence-corrected chi connectivity index (χ2v) is 7.12. The van der Waals surface area contributed by atoms with E-state index in [0.717, 1.165) is 0 Å². The molecule has 1 atom stereocenters. The van der Waals surface area contributed by atoms with E-state index in [1.807, 2.05) is 13.8 Å². The fourth-order valence-corrected chi connectivity index (χ4v) is 3.46. The van der Waals surface area contributed by atoms with Gasteiger partial charge in [0.2, 0.25) is 11.8 Å². The normalized spacial score (nSPS) is 21.6. The van der Waals surface area contributed by atoms with E-state index < -0.39 is 6.04 Å². The Balaban J connectivity index is 1.72. The average Bonchev–Trinajstić information content (AvgIpc) is 2.85. The van der Waals surface area contributed by atoms with Crippen molar-refractivity contribution in [1.82, 2.24) is 19.9 Å². The van der Waals surface area contributed by atoms with Crippen molar-refractivity contribution in [1.29, 1.82) is 0 Å². The molecule has 3 heterocycles. The molecule has 0 saturated carbocycles. The minimum Gasteiger partial charge on any atom is -0.361 e.